The summed E-state index contributed by atoms with van der Waals surface area (Å²) in [5.74, 6) is 0.978. The van der Waals surface area contributed by atoms with E-state index in [9.17, 15) is 0 Å². The number of benzene rings is 1. The second kappa shape index (κ2) is 7.91. The van der Waals surface area contributed by atoms with Crippen LogP contribution in [0.5, 0.6) is 5.75 Å². The molecule has 0 spiro atoms. The summed E-state index contributed by atoms with van der Waals surface area (Å²) in [4.78, 5) is 0. The van der Waals surface area contributed by atoms with E-state index in [1.807, 2.05) is 18.2 Å². The maximum atomic E-state index is 5.78. The monoisotopic (exact) mass is 233 g/mol. The van der Waals surface area contributed by atoms with Crippen LogP contribution in [0.3, 0.4) is 0 Å². The van der Waals surface area contributed by atoms with E-state index in [0.717, 1.165) is 37.3 Å². The molecule has 0 atom stereocenters. The molecule has 1 rings (SSSR count). The molecule has 0 aliphatic carbocycles. The lowest BCUT2D eigenvalue weighted by Gasteiger charge is -2.12. The Kier molecular flexibility index (Phi) is 6.41. The first-order valence-electron chi connectivity index (χ1n) is 6.36. The second-order valence-corrected chi connectivity index (χ2v) is 4.18. The van der Waals surface area contributed by atoms with Gasteiger partial charge in [0, 0.05) is 6.54 Å². The van der Waals surface area contributed by atoms with Gasteiger partial charge in [-0.2, -0.15) is 0 Å². The number of nitrogens with one attached hydrogen (secondary N) is 1. The fraction of sp³-hybridized carbons (Fsp3) is 0.467. The Balaban J connectivity index is 2.36. The van der Waals surface area contributed by atoms with Crippen LogP contribution in [-0.4, -0.2) is 19.7 Å². The van der Waals surface area contributed by atoms with Crippen LogP contribution in [0.2, 0.25) is 0 Å². The van der Waals surface area contributed by atoms with Crippen LogP contribution < -0.4 is 10.1 Å². The number of hydrogen-bond acceptors (Lipinski definition) is 2. The highest BCUT2D eigenvalue weighted by atomic mass is 16.5. The highest BCUT2D eigenvalue weighted by Gasteiger charge is 2.01. The SMILES string of the molecule is C=C(CNCCC)COc1ccccc1CC. The van der Waals surface area contributed by atoms with Crippen LogP contribution in [0.4, 0.5) is 0 Å². The fourth-order valence-electron chi connectivity index (χ4n) is 1.61. The summed E-state index contributed by atoms with van der Waals surface area (Å²) in [5.41, 5.74) is 2.34. The first-order chi connectivity index (χ1) is 8.27. The average Bonchev–Trinajstić information content (AvgIpc) is 2.37. The normalized spacial score (nSPS) is 10.2. The summed E-state index contributed by atoms with van der Waals surface area (Å²) in [7, 11) is 0. The van der Waals surface area contributed by atoms with E-state index in [-0.39, 0.29) is 0 Å². The Hall–Kier alpha value is -1.28. The molecule has 0 unspecified atom stereocenters. The average molecular weight is 233 g/mol. The Labute approximate surface area is 105 Å². The second-order valence-electron chi connectivity index (χ2n) is 4.18. The number of hydrogen-bond donors (Lipinski definition) is 1. The zero-order chi connectivity index (χ0) is 12.5. The van der Waals surface area contributed by atoms with Gasteiger partial charge in [0.05, 0.1) is 0 Å². The lowest BCUT2D eigenvalue weighted by molar-refractivity contribution is 0.345. The Morgan fingerprint density at radius 1 is 1.29 bits per heavy atom. The van der Waals surface area contributed by atoms with Crippen LogP contribution in [0, 0.1) is 0 Å². The summed E-state index contributed by atoms with van der Waals surface area (Å²) < 4.78 is 5.78. The van der Waals surface area contributed by atoms with Gasteiger partial charge < -0.3 is 10.1 Å². The van der Waals surface area contributed by atoms with E-state index in [0.29, 0.717) is 6.61 Å². The summed E-state index contributed by atoms with van der Waals surface area (Å²) in [6, 6.07) is 8.18. The third-order valence-corrected chi connectivity index (χ3v) is 2.59. The molecule has 17 heavy (non-hydrogen) atoms. The first kappa shape index (κ1) is 13.8. The summed E-state index contributed by atoms with van der Waals surface area (Å²) >= 11 is 0. The van der Waals surface area contributed by atoms with Crippen molar-refractivity contribution in [2.45, 2.75) is 26.7 Å². The molecule has 0 aliphatic heterocycles. The van der Waals surface area contributed by atoms with E-state index in [1.54, 1.807) is 0 Å². The highest BCUT2D eigenvalue weighted by molar-refractivity contribution is 5.33. The molecule has 0 amide bonds. The lowest BCUT2D eigenvalue weighted by atomic mass is 10.1. The van der Waals surface area contributed by atoms with Crippen molar-refractivity contribution in [2.24, 2.45) is 0 Å². The van der Waals surface area contributed by atoms with Gasteiger partial charge in [-0.05, 0) is 36.6 Å². The van der Waals surface area contributed by atoms with Crippen molar-refractivity contribution in [3.05, 3.63) is 42.0 Å². The largest absolute Gasteiger partial charge is 0.489 e. The van der Waals surface area contributed by atoms with Gasteiger partial charge >= 0.3 is 0 Å². The van der Waals surface area contributed by atoms with E-state index < -0.39 is 0 Å². The molecular weight excluding hydrogens is 210 g/mol. The molecule has 0 radical (unpaired) electrons. The third-order valence-electron chi connectivity index (χ3n) is 2.59. The quantitative estimate of drug-likeness (QED) is 0.550. The van der Waals surface area contributed by atoms with E-state index in [4.69, 9.17) is 4.74 Å². The lowest BCUT2D eigenvalue weighted by Crippen LogP contribution is -2.20. The van der Waals surface area contributed by atoms with E-state index in [1.165, 1.54) is 5.56 Å². The molecule has 1 aromatic rings. The minimum atomic E-state index is 0.591. The molecule has 0 saturated carbocycles. The maximum Gasteiger partial charge on any atom is 0.122 e. The van der Waals surface area contributed by atoms with Crippen molar-refractivity contribution >= 4 is 0 Å². The number of aryl methyl sites for hydroxylation is 1. The predicted molar refractivity (Wildman–Crippen MR) is 73.6 cm³/mol. The fourth-order valence-corrected chi connectivity index (χ4v) is 1.61. The smallest absolute Gasteiger partial charge is 0.122 e. The molecular formula is C15H23NO. The van der Waals surface area contributed by atoms with Crippen molar-refractivity contribution in [2.75, 3.05) is 19.7 Å². The topological polar surface area (TPSA) is 21.3 Å². The number of rotatable bonds is 8. The summed E-state index contributed by atoms with van der Waals surface area (Å²) in [6.45, 7) is 10.8. The van der Waals surface area contributed by atoms with Gasteiger partial charge in [0.1, 0.15) is 12.4 Å². The van der Waals surface area contributed by atoms with Crippen LogP contribution in [0.1, 0.15) is 25.8 Å². The van der Waals surface area contributed by atoms with Gasteiger partial charge in [0.15, 0.2) is 0 Å². The van der Waals surface area contributed by atoms with Crippen LogP contribution in [-0.2, 0) is 6.42 Å². The highest BCUT2D eigenvalue weighted by Crippen LogP contribution is 2.18. The Morgan fingerprint density at radius 2 is 2.06 bits per heavy atom. The predicted octanol–water partition coefficient (Wildman–Crippen LogP) is 3.18. The third kappa shape index (κ3) is 5.05. The summed E-state index contributed by atoms with van der Waals surface area (Å²) in [6.07, 6.45) is 2.14. The first-order valence-corrected chi connectivity index (χ1v) is 6.36. The van der Waals surface area contributed by atoms with Gasteiger partial charge in [0.2, 0.25) is 0 Å². The van der Waals surface area contributed by atoms with Crippen LogP contribution in [0.15, 0.2) is 36.4 Å². The van der Waals surface area contributed by atoms with Crippen molar-refractivity contribution in [1.29, 1.82) is 0 Å². The zero-order valence-corrected chi connectivity index (χ0v) is 11.0. The standard InChI is InChI=1S/C15H23NO/c1-4-10-16-11-13(3)12-17-15-9-7-6-8-14(15)5-2/h6-9,16H,3-5,10-12H2,1-2H3. The minimum Gasteiger partial charge on any atom is -0.489 e. The van der Waals surface area contributed by atoms with Crippen LogP contribution in [0.25, 0.3) is 0 Å². The van der Waals surface area contributed by atoms with Gasteiger partial charge in [-0.1, -0.05) is 38.6 Å². The molecule has 2 nitrogen and oxygen atoms in total. The zero-order valence-electron chi connectivity index (χ0n) is 11.0. The number of para-hydroxylation sites is 1. The van der Waals surface area contributed by atoms with Crippen molar-refractivity contribution in [1.82, 2.24) is 5.32 Å². The van der Waals surface area contributed by atoms with Crippen molar-refractivity contribution in [3.63, 3.8) is 0 Å². The Morgan fingerprint density at radius 3 is 2.76 bits per heavy atom. The molecule has 94 valence electrons. The minimum absolute atomic E-state index is 0.591. The van der Waals surface area contributed by atoms with Crippen molar-refractivity contribution < 1.29 is 4.74 Å². The molecule has 0 heterocycles. The molecule has 1 aromatic carbocycles. The molecule has 0 aromatic heterocycles. The maximum absolute atomic E-state index is 5.78. The van der Waals surface area contributed by atoms with E-state index in [2.05, 4.69) is 31.8 Å². The molecule has 0 saturated heterocycles. The van der Waals surface area contributed by atoms with E-state index >= 15 is 0 Å². The van der Waals surface area contributed by atoms with Gasteiger partial charge in [-0.3, -0.25) is 0 Å². The summed E-state index contributed by atoms with van der Waals surface area (Å²) in [5, 5.41) is 3.32. The molecule has 0 bridgehead atoms. The van der Waals surface area contributed by atoms with Crippen LogP contribution >= 0.6 is 0 Å². The Bertz CT molecular complexity index is 347. The van der Waals surface area contributed by atoms with Gasteiger partial charge in [0.25, 0.3) is 0 Å². The molecule has 1 N–H and O–H groups in total. The van der Waals surface area contributed by atoms with Crippen molar-refractivity contribution in [3.8, 4) is 5.75 Å². The molecule has 0 aliphatic rings. The molecule has 0 fully saturated rings. The number of ether oxygens (including phenoxy) is 1. The van der Waals surface area contributed by atoms with Gasteiger partial charge in [-0.25, -0.2) is 0 Å². The van der Waals surface area contributed by atoms with Gasteiger partial charge in [-0.15, -0.1) is 0 Å². The molecule has 2 heteroatoms.